The first-order valence-electron chi connectivity index (χ1n) is 9.25. The predicted octanol–water partition coefficient (Wildman–Crippen LogP) is 3.91. The zero-order valence-corrected chi connectivity index (χ0v) is 16.3. The quantitative estimate of drug-likeness (QED) is 0.721. The number of hydrogen-bond donors (Lipinski definition) is 1. The molecule has 4 rings (SSSR count). The monoisotopic (exact) mass is 401 g/mol. The second-order valence-electron chi connectivity index (χ2n) is 7.18. The number of amides is 1. The van der Waals surface area contributed by atoms with Crippen LogP contribution in [-0.4, -0.2) is 35.1 Å². The van der Waals surface area contributed by atoms with Crippen LogP contribution in [0.1, 0.15) is 34.6 Å². The molecule has 0 atom stereocenters. The third-order valence-electron chi connectivity index (χ3n) is 5.45. The predicted molar refractivity (Wildman–Crippen MR) is 105 cm³/mol. The molecule has 7 heteroatoms. The van der Waals surface area contributed by atoms with Gasteiger partial charge in [-0.3, -0.25) is 9.20 Å². The fourth-order valence-corrected chi connectivity index (χ4v) is 4.10. The van der Waals surface area contributed by atoms with Crippen LogP contribution in [0.2, 0.25) is 5.02 Å². The average molecular weight is 402 g/mol. The van der Waals surface area contributed by atoms with Crippen LogP contribution in [-0.2, 0) is 10.2 Å². The molecule has 1 amide bonds. The van der Waals surface area contributed by atoms with E-state index in [1.54, 1.807) is 41.8 Å². The lowest BCUT2D eigenvalue weighted by Crippen LogP contribution is -2.45. The summed E-state index contributed by atoms with van der Waals surface area (Å²) in [6, 6.07) is 10.3. The molecule has 0 saturated carbocycles. The van der Waals surface area contributed by atoms with Crippen molar-refractivity contribution in [3.8, 4) is 0 Å². The van der Waals surface area contributed by atoms with Crippen LogP contribution in [0.5, 0.6) is 0 Å². The second kappa shape index (κ2) is 7.53. The summed E-state index contributed by atoms with van der Waals surface area (Å²) >= 11 is 6.09. The Morgan fingerprint density at radius 1 is 1.29 bits per heavy atom. The van der Waals surface area contributed by atoms with Gasteiger partial charge in [0.15, 0.2) is 0 Å². The van der Waals surface area contributed by atoms with Crippen LogP contribution in [0, 0.1) is 12.7 Å². The molecule has 0 unspecified atom stereocenters. The molecule has 0 spiro atoms. The molecule has 2 aromatic heterocycles. The van der Waals surface area contributed by atoms with Crippen molar-refractivity contribution in [1.82, 2.24) is 14.7 Å². The van der Waals surface area contributed by atoms with E-state index >= 15 is 0 Å². The van der Waals surface area contributed by atoms with Crippen molar-refractivity contribution in [1.29, 1.82) is 0 Å². The van der Waals surface area contributed by atoms with Gasteiger partial charge >= 0.3 is 0 Å². The van der Waals surface area contributed by atoms with Gasteiger partial charge in [-0.2, -0.15) is 0 Å². The highest BCUT2D eigenvalue weighted by molar-refractivity contribution is 6.30. The van der Waals surface area contributed by atoms with Crippen LogP contribution in [0.15, 0.2) is 42.6 Å². The molecule has 1 aliphatic heterocycles. The summed E-state index contributed by atoms with van der Waals surface area (Å²) in [4.78, 5) is 17.4. The lowest BCUT2D eigenvalue weighted by Gasteiger charge is -2.38. The van der Waals surface area contributed by atoms with Crippen molar-refractivity contribution in [2.45, 2.75) is 25.2 Å². The molecule has 0 radical (unpaired) electrons. The van der Waals surface area contributed by atoms with Gasteiger partial charge in [0.25, 0.3) is 5.91 Å². The minimum absolute atomic E-state index is 0.253. The van der Waals surface area contributed by atoms with Crippen molar-refractivity contribution in [3.05, 3.63) is 70.4 Å². The average Bonchev–Trinajstić information content (AvgIpc) is 3.02. The molecule has 1 aliphatic rings. The maximum absolute atomic E-state index is 14.6. The smallest absolute Gasteiger partial charge is 0.270 e. The van der Waals surface area contributed by atoms with Crippen molar-refractivity contribution >= 4 is 23.2 Å². The number of carbonyl (C=O) groups is 1. The zero-order valence-electron chi connectivity index (χ0n) is 15.5. The van der Waals surface area contributed by atoms with Crippen LogP contribution in [0.4, 0.5) is 4.39 Å². The molecule has 3 heterocycles. The third kappa shape index (κ3) is 3.38. The fraction of sp³-hybridized carbons (Fsp3) is 0.333. The SMILES string of the molecule is Cc1nc2ccc(Cl)cn2c1C(=O)NCC1(c2ccccc2F)CCOCC1. The van der Waals surface area contributed by atoms with Gasteiger partial charge in [-0.1, -0.05) is 29.8 Å². The Balaban J connectivity index is 1.63. The fourth-order valence-electron chi connectivity index (χ4n) is 3.94. The number of fused-ring (bicyclic) bond motifs is 1. The highest BCUT2D eigenvalue weighted by Gasteiger charge is 2.37. The zero-order chi connectivity index (χ0) is 19.7. The van der Waals surface area contributed by atoms with Crippen molar-refractivity contribution in [2.75, 3.05) is 19.8 Å². The van der Waals surface area contributed by atoms with E-state index < -0.39 is 5.41 Å². The Kier molecular flexibility index (Phi) is 5.08. The van der Waals surface area contributed by atoms with E-state index in [1.807, 2.05) is 6.07 Å². The molecule has 1 fully saturated rings. The number of aromatic nitrogens is 2. The molecule has 0 bridgehead atoms. The molecule has 3 aromatic rings. The summed E-state index contributed by atoms with van der Waals surface area (Å²) in [6.07, 6.45) is 2.96. The molecule has 5 nitrogen and oxygen atoms in total. The largest absolute Gasteiger partial charge is 0.381 e. The van der Waals surface area contributed by atoms with E-state index in [4.69, 9.17) is 16.3 Å². The summed E-state index contributed by atoms with van der Waals surface area (Å²) < 4.78 is 21.7. The van der Waals surface area contributed by atoms with Gasteiger partial charge in [0, 0.05) is 31.4 Å². The van der Waals surface area contributed by atoms with Gasteiger partial charge in [0.1, 0.15) is 17.2 Å². The van der Waals surface area contributed by atoms with E-state index in [-0.39, 0.29) is 11.7 Å². The number of halogens is 2. The first-order chi connectivity index (χ1) is 13.5. The summed E-state index contributed by atoms with van der Waals surface area (Å²) in [5, 5.41) is 3.53. The Morgan fingerprint density at radius 3 is 2.79 bits per heavy atom. The first kappa shape index (κ1) is 18.9. The molecule has 1 saturated heterocycles. The summed E-state index contributed by atoms with van der Waals surface area (Å²) in [7, 11) is 0. The number of pyridine rings is 1. The Hall–Kier alpha value is -2.44. The van der Waals surface area contributed by atoms with Gasteiger partial charge in [0.05, 0.1) is 10.7 Å². The molecule has 1 aromatic carbocycles. The highest BCUT2D eigenvalue weighted by atomic mass is 35.5. The Bertz CT molecular complexity index is 1030. The number of aryl methyl sites for hydroxylation is 1. The number of benzene rings is 1. The number of nitrogens with zero attached hydrogens (tertiary/aromatic N) is 2. The van der Waals surface area contributed by atoms with E-state index in [2.05, 4.69) is 10.3 Å². The number of nitrogens with one attached hydrogen (secondary N) is 1. The van der Waals surface area contributed by atoms with Crippen LogP contribution >= 0.6 is 11.6 Å². The Labute approximate surface area is 167 Å². The normalized spacial score (nSPS) is 16.2. The van der Waals surface area contributed by atoms with Gasteiger partial charge < -0.3 is 10.1 Å². The first-order valence-corrected chi connectivity index (χ1v) is 9.63. The number of carbonyl (C=O) groups excluding carboxylic acids is 1. The van der Waals surface area contributed by atoms with Crippen molar-refractivity contribution in [2.24, 2.45) is 0 Å². The van der Waals surface area contributed by atoms with E-state index in [1.165, 1.54) is 6.07 Å². The molecule has 146 valence electrons. The second-order valence-corrected chi connectivity index (χ2v) is 7.61. The summed E-state index contributed by atoms with van der Waals surface area (Å²) in [5.74, 6) is -0.508. The number of imidazole rings is 1. The summed E-state index contributed by atoms with van der Waals surface area (Å²) in [5.41, 5.74) is 1.84. The number of ether oxygens (including phenoxy) is 1. The van der Waals surface area contributed by atoms with Crippen LogP contribution in [0.25, 0.3) is 5.65 Å². The molecular weight excluding hydrogens is 381 g/mol. The van der Waals surface area contributed by atoms with Crippen LogP contribution < -0.4 is 5.32 Å². The van der Waals surface area contributed by atoms with Crippen LogP contribution in [0.3, 0.4) is 0 Å². The standard InChI is InChI=1S/C21H21ClFN3O2/c1-14-19(26-12-15(22)6-7-18(26)25-14)20(27)24-13-21(8-10-28-11-9-21)16-4-2-3-5-17(16)23/h2-7,12H,8-11,13H2,1H3,(H,24,27). The van der Waals surface area contributed by atoms with E-state index in [0.717, 1.165) is 0 Å². The number of hydrogen-bond acceptors (Lipinski definition) is 3. The van der Waals surface area contributed by atoms with Crippen molar-refractivity contribution < 1.29 is 13.9 Å². The summed E-state index contributed by atoms with van der Waals surface area (Å²) in [6.45, 7) is 3.18. The minimum atomic E-state index is -0.495. The lowest BCUT2D eigenvalue weighted by molar-refractivity contribution is 0.0474. The molecule has 0 aliphatic carbocycles. The van der Waals surface area contributed by atoms with Gasteiger partial charge in [-0.05, 0) is 43.5 Å². The maximum Gasteiger partial charge on any atom is 0.270 e. The topological polar surface area (TPSA) is 55.6 Å². The van der Waals surface area contributed by atoms with Crippen molar-refractivity contribution in [3.63, 3.8) is 0 Å². The minimum Gasteiger partial charge on any atom is -0.381 e. The highest BCUT2D eigenvalue weighted by Crippen LogP contribution is 2.36. The maximum atomic E-state index is 14.6. The van der Waals surface area contributed by atoms with E-state index in [0.29, 0.717) is 60.2 Å². The van der Waals surface area contributed by atoms with Gasteiger partial charge in [-0.15, -0.1) is 0 Å². The number of rotatable bonds is 4. The third-order valence-corrected chi connectivity index (χ3v) is 5.68. The molecule has 1 N–H and O–H groups in total. The molecular formula is C21H21ClFN3O2. The van der Waals surface area contributed by atoms with Gasteiger partial charge in [0.2, 0.25) is 0 Å². The molecule has 28 heavy (non-hydrogen) atoms. The lowest BCUT2D eigenvalue weighted by atomic mass is 9.74. The Morgan fingerprint density at radius 2 is 2.04 bits per heavy atom. The van der Waals surface area contributed by atoms with E-state index in [9.17, 15) is 9.18 Å². The van der Waals surface area contributed by atoms with Gasteiger partial charge in [-0.25, -0.2) is 9.37 Å².